The maximum atomic E-state index is 12.6. The molecule has 0 radical (unpaired) electrons. The van der Waals surface area contributed by atoms with Crippen LogP contribution in [0.4, 0.5) is 5.82 Å². The molecule has 1 aromatic heterocycles. The number of anilines is 1. The van der Waals surface area contributed by atoms with Crippen molar-refractivity contribution in [3.8, 4) is 0 Å². The minimum absolute atomic E-state index is 0.138. The molecule has 7 nitrogen and oxygen atoms in total. The smallest absolute Gasteiger partial charge is 0.244 e. The molecule has 2 saturated heterocycles. The van der Waals surface area contributed by atoms with Crippen molar-refractivity contribution >= 4 is 21.7 Å². The lowest BCUT2D eigenvalue weighted by molar-refractivity contribution is -0.130. The Labute approximate surface area is 178 Å². The van der Waals surface area contributed by atoms with Crippen molar-refractivity contribution in [1.29, 1.82) is 0 Å². The number of aryl methyl sites for hydroxylation is 1. The third-order valence-electron chi connectivity index (χ3n) is 5.86. The molecule has 2 fully saturated rings. The molecule has 0 saturated carbocycles. The molecule has 0 spiro atoms. The van der Waals surface area contributed by atoms with Crippen LogP contribution in [0.25, 0.3) is 0 Å². The number of aromatic nitrogens is 1. The highest BCUT2D eigenvalue weighted by atomic mass is 32.2. The van der Waals surface area contributed by atoms with E-state index in [0.29, 0.717) is 45.7 Å². The van der Waals surface area contributed by atoms with E-state index >= 15 is 0 Å². The summed E-state index contributed by atoms with van der Waals surface area (Å²) in [7, 11) is -3.44. The highest BCUT2D eigenvalue weighted by molar-refractivity contribution is 7.89. The standard InChI is InChI=1S/C22H28N4O3S/c1-18-4-6-19(7-5-18)16-22(27)25-14-12-24(13-15-25)21-9-8-20(17-23-21)30(28,29)26-10-2-3-11-26/h4-9,17H,2-3,10-16H2,1H3. The molecule has 160 valence electrons. The lowest BCUT2D eigenvalue weighted by atomic mass is 10.1. The number of carbonyl (C=O) groups is 1. The average Bonchev–Trinajstić information content (AvgIpc) is 3.31. The number of hydrogen-bond acceptors (Lipinski definition) is 5. The average molecular weight is 429 g/mol. The Kier molecular flexibility index (Phi) is 6.06. The predicted octanol–water partition coefficient (Wildman–Crippen LogP) is 2.07. The first-order valence-corrected chi connectivity index (χ1v) is 11.9. The van der Waals surface area contributed by atoms with Crippen LogP contribution < -0.4 is 4.90 Å². The van der Waals surface area contributed by atoms with Crippen molar-refractivity contribution in [2.75, 3.05) is 44.2 Å². The second-order valence-corrected chi connectivity index (χ2v) is 9.93. The zero-order valence-electron chi connectivity index (χ0n) is 17.3. The Hall–Kier alpha value is -2.45. The van der Waals surface area contributed by atoms with Gasteiger partial charge < -0.3 is 9.80 Å². The molecule has 0 N–H and O–H groups in total. The predicted molar refractivity (Wildman–Crippen MR) is 116 cm³/mol. The summed E-state index contributed by atoms with van der Waals surface area (Å²) in [6.45, 7) is 5.86. The van der Waals surface area contributed by atoms with Crippen molar-refractivity contribution in [1.82, 2.24) is 14.2 Å². The van der Waals surface area contributed by atoms with Crippen LogP contribution in [0.1, 0.15) is 24.0 Å². The first kappa shape index (κ1) is 20.8. The number of amides is 1. The maximum absolute atomic E-state index is 12.6. The van der Waals surface area contributed by atoms with Gasteiger partial charge in [0.2, 0.25) is 15.9 Å². The van der Waals surface area contributed by atoms with Crippen LogP contribution >= 0.6 is 0 Å². The number of rotatable bonds is 5. The third kappa shape index (κ3) is 4.49. The van der Waals surface area contributed by atoms with Crippen LogP contribution in [0.3, 0.4) is 0 Å². The molecule has 30 heavy (non-hydrogen) atoms. The van der Waals surface area contributed by atoms with E-state index < -0.39 is 10.0 Å². The second kappa shape index (κ2) is 8.73. The van der Waals surface area contributed by atoms with Gasteiger partial charge in [0.15, 0.2) is 0 Å². The molecule has 1 amide bonds. The normalized spacial score (nSPS) is 18.0. The van der Waals surface area contributed by atoms with Gasteiger partial charge in [0.1, 0.15) is 10.7 Å². The van der Waals surface area contributed by atoms with E-state index in [0.717, 1.165) is 24.2 Å². The molecule has 2 aliphatic rings. The van der Waals surface area contributed by atoms with Crippen LogP contribution in [-0.4, -0.2) is 67.8 Å². The van der Waals surface area contributed by atoms with Crippen molar-refractivity contribution in [3.05, 3.63) is 53.7 Å². The maximum Gasteiger partial charge on any atom is 0.244 e. The second-order valence-electron chi connectivity index (χ2n) is 7.99. The number of carbonyl (C=O) groups excluding carboxylic acids is 1. The van der Waals surface area contributed by atoms with Gasteiger partial charge >= 0.3 is 0 Å². The van der Waals surface area contributed by atoms with Gasteiger partial charge in [-0.2, -0.15) is 4.31 Å². The van der Waals surface area contributed by atoms with Gasteiger partial charge in [-0.05, 0) is 37.5 Å². The summed E-state index contributed by atoms with van der Waals surface area (Å²) in [6, 6.07) is 11.5. The number of sulfonamides is 1. The SMILES string of the molecule is Cc1ccc(CC(=O)N2CCN(c3ccc(S(=O)(=O)N4CCCC4)cn3)CC2)cc1. The molecule has 0 aliphatic carbocycles. The van der Waals surface area contributed by atoms with E-state index in [1.54, 1.807) is 12.1 Å². The quantitative estimate of drug-likeness (QED) is 0.729. The summed E-state index contributed by atoms with van der Waals surface area (Å²) in [6.07, 6.45) is 3.70. The van der Waals surface area contributed by atoms with Gasteiger partial charge in [0.25, 0.3) is 0 Å². The number of pyridine rings is 1. The molecule has 0 unspecified atom stereocenters. The molecule has 1 aromatic carbocycles. The Bertz CT molecular complexity index is 976. The van der Waals surface area contributed by atoms with Gasteiger partial charge in [-0.3, -0.25) is 4.79 Å². The van der Waals surface area contributed by atoms with E-state index in [1.165, 1.54) is 16.1 Å². The van der Waals surface area contributed by atoms with Gasteiger partial charge in [-0.25, -0.2) is 13.4 Å². The van der Waals surface area contributed by atoms with Crippen molar-refractivity contribution in [3.63, 3.8) is 0 Å². The summed E-state index contributed by atoms with van der Waals surface area (Å²) in [5.74, 6) is 0.888. The molecule has 2 aliphatic heterocycles. The summed E-state index contributed by atoms with van der Waals surface area (Å²) in [5, 5.41) is 0. The molecular formula is C22H28N4O3S. The van der Waals surface area contributed by atoms with Gasteiger partial charge in [0.05, 0.1) is 6.42 Å². The third-order valence-corrected chi connectivity index (χ3v) is 7.74. The monoisotopic (exact) mass is 428 g/mol. The number of piperazine rings is 1. The van der Waals surface area contributed by atoms with Crippen molar-refractivity contribution in [2.45, 2.75) is 31.1 Å². The Morgan fingerprint density at radius 3 is 2.20 bits per heavy atom. The summed E-state index contributed by atoms with van der Waals surface area (Å²) in [4.78, 5) is 21.2. The molecule has 4 rings (SSSR count). The largest absolute Gasteiger partial charge is 0.353 e. The fourth-order valence-electron chi connectivity index (χ4n) is 3.97. The first-order valence-electron chi connectivity index (χ1n) is 10.5. The summed E-state index contributed by atoms with van der Waals surface area (Å²) < 4.78 is 26.8. The minimum Gasteiger partial charge on any atom is -0.353 e. The first-order chi connectivity index (χ1) is 14.4. The van der Waals surface area contributed by atoms with Crippen LogP contribution in [0, 0.1) is 6.92 Å². The van der Waals surface area contributed by atoms with Crippen molar-refractivity contribution in [2.24, 2.45) is 0 Å². The van der Waals surface area contributed by atoms with E-state index in [1.807, 2.05) is 36.1 Å². The van der Waals surface area contributed by atoms with Gasteiger partial charge in [0, 0.05) is 45.5 Å². The summed E-state index contributed by atoms with van der Waals surface area (Å²) >= 11 is 0. The fourth-order valence-corrected chi connectivity index (χ4v) is 5.43. The van der Waals surface area contributed by atoms with Crippen LogP contribution in [0.15, 0.2) is 47.5 Å². The molecule has 2 aromatic rings. The number of nitrogens with zero attached hydrogens (tertiary/aromatic N) is 4. The van der Waals surface area contributed by atoms with Crippen LogP contribution in [0.2, 0.25) is 0 Å². The lowest BCUT2D eigenvalue weighted by Crippen LogP contribution is -2.49. The Morgan fingerprint density at radius 1 is 0.933 bits per heavy atom. The van der Waals surface area contributed by atoms with Crippen molar-refractivity contribution < 1.29 is 13.2 Å². The molecule has 8 heteroatoms. The topological polar surface area (TPSA) is 73.8 Å². The highest BCUT2D eigenvalue weighted by Gasteiger charge is 2.28. The molecule has 0 atom stereocenters. The Morgan fingerprint density at radius 2 is 1.60 bits per heavy atom. The summed E-state index contributed by atoms with van der Waals surface area (Å²) in [5.41, 5.74) is 2.22. The van der Waals surface area contributed by atoms with Crippen LogP contribution in [0.5, 0.6) is 0 Å². The zero-order valence-corrected chi connectivity index (χ0v) is 18.1. The Balaban J connectivity index is 1.33. The molecular weight excluding hydrogens is 400 g/mol. The minimum atomic E-state index is -3.44. The molecule has 0 bridgehead atoms. The van der Waals surface area contributed by atoms with E-state index in [9.17, 15) is 13.2 Å². The fraction of sp³-hybridized carbons (Fsp3) is 0.455. The lowest BCUT2D eigenvalue weighted by Gasteiger charge is -2.35. The van der Waals surface area contributed by atoms with E-state index in [2.05, 4.69) is 9.88 Å². The van der Waals surface area contributed by atoms with Crippen LogP contribution in [-0.2, 0) is 21.2 Å². The zero-order chi connectivity index (χ0) is 21.1. The highest BCUT2D eigenvalue weighted by Crippen LogP contribution is 2.22. The number of benzene rings is 1. The van der Waals surface area contributed by atoms with E-state index in [-0.39, 0.29) is 10.8 Å². The number of hydrogen-bond donors (Lipinski definition) is 0. The molecule has 3 heterocycles. The van der Waals surface area contributed by atoms with E-state index in [4.69, 9.17) is 0 Å². The van der Waals surface area contributed by atoms with Gasteiger partial charge in [-0.15, -0.1) is 0 Å². The van der Waals surface area contributed by atoms with Gasteiger partial charge in [-0.1, -0.05) is 29.8 Å².